The Labute approximate surface area is 169 Å². The van der Waals surface area contributed by atoms with Gasteiger partial charge in [-0.2, -0.15) is 4.98 Å². The molecule has 1 aromatic heterocycles. The van der Waals surface area contributed by atoms with Crippen LogP contribution in [0, 0.1) is 6.92 Å². The molecule has 0 fully saturated rings. The number of rotatable bonds is 8. The second-order valence-electron chi connectivity index (χ2n) is 6.70. The van der Waals surface area contributed by atoms with Crippen LogP contribution in [0.4, 0.5) is 0 Å². The number of hydrogen-bond acceptors (Lipinski definition) is 5. The van der Waals surface area contributed by atoms with Crippen molar-refractivity contribution in [2.75, 3.05) is 5.75 Å². The Morgan fingerprint density at radius 2 is 1.93 bits per heavy atom. The Morgan fingerprint density at radius 3 is 2.64 bits per heavy atom. The van der Waals surface area contributed by atoms with Crippen molar-refractivity contribution in [1.82, 2.24) is 15.5 Å². The summed E-state index contributed by atoms with van der Waals surface area (Å²) in [5.74, 6) is 1.96. The van der Waals surface area contributed by atoms with Crippen LogP contribution >= 0.6 is 11.8 Å². The highest BCUT2D eigenvalue weighted by molar-refractivity contribution is 7.99. The number of benzene rings is 2. The second kappa shape index (κ2) is 9.55. The third-order valence-electron chi connectivity index (χ3n) is 4.58. The summed E-state index contributed by atoms with van der Waals surface area (Å²) in [5, 5.41) is 7.08. The normalized spacial score (nSPS) is 12.0. The van der Waals surface area contributed by atoms with Crippen LogP contribution < -0.4 is 5.32 Å². The predicted molar refractivity (Wildman–Crippen MR) is 113 cm³/mol. The van der Waals surface area contributed by atoms with Crippen molar-refractivity contribution in [3.8, 4) is 11.4 Å². The molecule has 0 aliphatic carbocycles. The summed E-state index contributed by atoms with van der Waals surface area (Å²) in [5.41, 5.74) is 4.46. The Kier molecular flexibility index (Phi) is 6.87. The molecule has 28 heavy (non-hydrogen) atoms. The van der Waals surface area contributed by atoms with Crippen LogP contribution in [0.5, 0.6) is 0 Å². The first-order valence-corrected chi connectivity index (χ1v) is 10.6. The zero-order valence-electron chi connectivity index (χ0n) is 16.4. The molecule has 1 amide bonds. The molecule has 0 spiro atoms. The number of aryl methyl sites for hydroxylation is 2. The number of nitrogens with one attached hydrogen (secondary N) is 1. The molecule has 0 radical (unpaired) electrons. The van der Waals surface area contributed by atoms with E-state index in [1.807, 2.05) is 38.1 Å². The fraction of sp³-hybridized carbons (Fsp3) is 0.318. The van der Waals surface area contributed by atoms with Crippen molar-refractivity contribution < 1.29 is 9.32 Å². The number of nitrogens with zero attached hydrogens (tertiary/aromatic N) is 2. The first kappa shape index (κ1) is 20.1. The lowest BCUT2D eigenvalue weighted by molar-refractivity contribution is -0.119. The van der Waals surface area contributed by atoms with E-state index in [1.54, 1.807) is 0 Å². The molecule has 0 bridgehead atoms. The molecule has 1 N–H and O–H groups in total. The molecular formula is C22H25N3O2S. The quantitative estimate of drug-likeness (QED) is 0.598. The van der Waals surface area contributed by atoms with Gasteiger partial charge in [-0.1, -0.05) is 60.6 Å². The van der Waals surface area contributed by atoms with Crippen LogP contribution in [0.1, 0.15) is 42.5 Å². The van der Waals surface area contributed by atoms with E-state index >= 15 is 0 Å². The van der Waals surface area contributed by atoms with Gasteiger partial charge in [-0.05, 0) is 37.0 Å². The number of hydrogen-bond donors (Lipinski definition) is 1. The number of amides is 1. The molecule has 0 aliphatic rings. The lowest BCUT2D eigenvalue weighted by atomic mass is 10.1. The fourth-order valence-electron chi connectivity index (χ4n) is 2.89. The van der Waals surface area contributed by atoms with E-state index in [0.717, 1.165) is 23.1 Å². The van der Waals surface area contributed by atoms with Gasteiger partial charge in [-0.15, -0.1) is 11.8 Å². The lowest BCUT2D eigenvalue weighted by Gasteiger charge is -2.14. The van der Waals surface area contributed by atoms with Gasteiger partial charge in [-0.25, -0.2) is 0 Å². The molecule has 3 rings (SSSR count). The number of aromatic nitrogens is 2. The molecule has 0 aliphatic heterocycles. The smallest absolute Gasteiger partial charge is 0.236 e. The summed E-state index contributed by atoms with van der Waals surface area (Å²) in [6.07, 6.45) is 1.01. The van der Waals surface area contributed by atoms with Gasteiger partial charge in [0.25, 0.3) is 0 Å². The van der Waals surface area contributed by atoms with Crippen LogP contribution in [0.3, 0.4) is 0 Å². The summed E-state index contributed by atoms with van der Waals surface area (Å²) in [6.45, 7) is 6.14. The van der Waals surface area contributed by atoms with Crippen LogP contribution in [0.2, 0.25) is 0 Å². The third-order valence-corrected chi connectivity index (χ3v) is 5.50. The maximum Gasteiger partial charge on any atom is 0.236 e. The van der Waals surface area contributed by atoms with Crippen molar-refractivity contribution in [3.05, 3.63) is 71.1 Å². The first-order valence-electron chi connectivity index (χ1n) is 9.41. The molecule has 6 heteroatoms. The van der Waals surface area contributed by atoms with E-state index in [-0.39, 0.29) is 11.9 Å². The van der Waals surface area contributed by atoms with E-state index in [4.69, 9.17) is 4.52 Å². The molecule has 0 saturated heterocycles. The van der Waals surface area contributed by atoms with Crippen LogP contribution in [-0.4, -0.2) is 21.8 Å². The van der Waals surface area contributed by atoms with E-state index < -0.39 is 0 Å². The molecule has 1 atom stereocenters. The maximum atomic E-state index is 12.2. The standard InChI is InChI=1S/C22H25N3O2S/c1-4-17-9-11-18(12-10-17)16(3)23-20(26)13-28-14-21-24-22(25-27-21)19-8-6-5-7-15(19)2/h5-12,16H,4,13-14H2,1-3H3,(H,23,26)/t16-/m0/s1. The molecule has 0 unspecified atom stereocenters. The molecule has 146 valence electrons. The monoisotopic (exact) mass is 395 g/mol. The highest BCUT2D eigenvalue weighted by Crippen LogP contribution is 2.21. The van der Waals surface area contributed by atoms with Gasteiger partial charge in [0, 0.05) is 5.56 Å². The van der Waals surface area contributed by atoms with Gasteiger partial charge >= 0.3 is 0 Å². The van der Waals surface area contributed by atoms with E-state index in [0.29, 0.717) is 23.2 Å². The van der Waals surface area contributed by atoms with Crippen LogP contribution in [0.25, 0.3) is 11.4 Å². The average Bonchev–Trinajstić information content (AvgIpc) is 3.17. The highest BCUT2D eigenvalue weighted by atomic mass is 32.2. The number of carbonyl (C=O) groups is 1. The van der Waals surface area contributed by atoms with Crippen molar-refractivity contribution >= 4 is 17.7 Å². The predicted octanol–water partition coefficient (Wildman–Crippen LogP) is 4.72. The molecule has 1 heterocycles. The minimum atomic E-state index is -0.0185. The minimum absolute atomic E-state index is 0.00397. The van der Waals surface area contributed by atoms with Gasteiger partial charge < -0.3 is 9.84 Å². The molecule has 5 nitrogen and oxygen atoms in total. The first-order chi connectivity index (χ1) is 13.6. The minimum Gasteiger partial charge on any atom is -0.349 e. The molecule has 2 aromatic carbocycles. The fourth-order valence-corrected chi connectivity index (χ4v) is 3.55. The summed E-state index contributed by atoms with van der Waals surface area (Å²) in [7, 11) is 0. The SMILES string of the molecule is CCc1ccc([C@H](C)NC(=O)CSCc2nc(-c3ccccc3C)no2)cc1. The third kappa shape index (κ3) is 5.23. The van der Waals surface area contributed by atoms with Gasteiger partial charge in [0.1, 0.15) is 0 Å². The van der Waals surface area contributed by atoms with Crippen molar-refractivity contribution in [3.63, 3.8) is 0 Å². The Bertz CT molecular complexity index is 922. The number of thioether (sulfide) groups is 1. The van der Waals surface area contributed by atoms with E-state index in [9.17, 15) is 4.79 Å². The second-order valence-corrected chi connectivity index (χ2v) is 7.69. The molecular weight excluding hydrogens is 370 g/mol. The summed E-state index contributed by atoms with van der Waals surface area (Å²) < 4.78 is 5.31. The summed E-state index contributed by atoms with van der Waals surface area (Å²) in [6, 6.07) is 16.3. The maximum absolute atomic E-state index is 12.2. The van der Waals surface area contributed by atoms with Gasteiger partial charge in [0.05, 0.1) is 17.5 Å². The number of carbonyl (C=O) groups excluding carboxylic acids is 1. The van der Waals surface area contributed by atoms with Gasteiger partial charge in [0.2, 0.25) is 17.6 Å². The van der Waals surface area contributed by atoms with Crippen molar-refractivity contribution in [2.45, 2.75) is 39.0 Å². The average molecular weight is 396 g/mol. The zero-order chi connectivity index (χ0) is 19.9. The Balaban J connectivity index is 1.47. The van der Waals surface area contributed by atoms with E-state index in [1.165, 1.54) is 17.3 Å². The largest absolute Gasteiger partial charge is 0.349 e. The summed E-state index contributed by atoms with van der Waals surface area (Å²) >= 11 is 1.46. The van der Waals surface area contributed by atoms with Crippen LogP contribution in [0.15, 0.2) is 53.1 Å². The Hall–Kier alpha value is -2.60. The van der Waals surface area contributed by atoms with Gasteiger partial charge in [-0.3, -0.25) is 4.79 Å². The summed E-state index contributed by atoms with van der Waals surface area (Å²) in [4.78, 5) is 16.6. The molecule has 3 aromatic rings. The highest BCUT2D eigenvalue weighted by Gasteiger charge is 2.13. The van der Waals surface area contributed by atoms with Crippen molar-refractivity contribution in [2.24, 2.45) is 0 Å². The van der Waals surface area contributed by atoms with Gasteiger partial charge in [0.15, 0.2) is 0 Å². The topological polar surface area (TPSA) is 68.0 Å². The Morgan fingerprint density at radius 1 is 1.18 bits per heavy atom. The lowest BCUT2D eigenvalue weighted by Crippen LogP contribution is -2.28. The van der Waals surface area contributed by atoms with Crippen LogP contribution in [-0.2, 0) is 17.0 Å². The zero-order valence-corrected chi connectivity index (χ0v) is 17.3. The van der Waals surface area contributed by atoms with E-state index in [2.05, 4.69) is 46.6 Å². The molecule has 0 saturated carbocycles. The van der Waals surface area contributed by atoms with Crippen molar-refractivity contribution in [1.29, 1.82) is 0 Å².